The van der Waals surface area contributed by atoms with Gasteiger partial charge in [0.25, 0.3) is 0 Å². The maximum atomic E-state index is 11.1. The van der Waals surface area contributed by atoms with E-state index in [0.29, 0.717) is 11.7 Å². The monoisotopic (exact) mass is 302 g/mol. The fourth-order valence-electron chi connectivity index (χ4n) is 2.73. The molecule has 1 atom stereocenters. The summed E-state index contributed by atoms with van der Waals surface area (Å²) >= 11 is 5.86. The molecule has 0 bridgehead atoms. The number of nitrogens with zero attached hydrogens (tertiary/aromatic N) is 2. The first-order chi connectivity index (χ1) is 10.1. The molecule has 0 radical (unpaired) electrons. The molecule has 5 heteroatoms. The van der Waals surface area contributed by atoms with Crippen molar-refractivity contribution in [1.29, 1.82) is 0 Å². The lowest BCUT2D eigenvalue weighted by Crippen LogP contribution is -2.21. The van der Waals surface area contributed by atoms with Crippen molar-refractivity contribution in [3.63, 3.8) is 0 Å². The third kappa shape index (κ3) is 2.85. The Morgan fingerprint density at radius 1 is 1.33 bits per heavy atom. The lowest BCUT2D eigenvalue weighted by Gasteiger charge is -2.18. The van der Waals surface area contributed by atoms with Crippen LogP contribution >= 0.6 is 11.6 Å². The molecule has 2 aromatic rings. The highest BCUT2D eigenvalue weighted by Crippen LogP contribution is 2.31. The number of aromatic nitrogens is 1. The van der Waals surface area contributed by atoms with Crippen molar-refractivity contribution in [3.05, 3.63) is 58.7 Å². The molecular formula is C16H15ClN2O2. The number of aromatic carboxylic acids is 1. The third-order valence-corrected chi connectivity index (χ3v) is 4.16. The lowest BCUT2D eigenvalue weighted by atomic mass is 9.99. The number of anilines is 1. The Morgan fingerprint density at radius 2 is 2.10 bits per heavy atom. The Hall–Kier alpha value is -2.07. The van der Waals surface area contributed by atoms with Crippen LogP contribution in [0.4, 0.5) is 5.82 Å². The number of halogens is 1. The zero-order valence-corrected chi connectivity index (χ0v) is 12.1. The van der Waals surface area contributed by atoms with Crippen molar-refractivity contribution in [2.75, 3.05) is 18.0 Å². The maximum Gasteiger partial charge on any atom is 0.337 e. The van der Waals surface area contributed by atoms with Crippen molar-refractivity contribution < 1.29 is 9.90 Å². The minimum atomic E-state index is -1.03. The molecule has 1 aliphatic heterocycles. The summed E-state index contributed by atoms with van der Waals surface area (Å²) in [4.78, 5) is 17.5. The lowest BCUT2D eigenvalue weighted by molar-refractivity contribution is 0.0697. The highest BCUT2D eigenvalue weighted by molar-refractivity contribution is 6.33. The minimum Gasteiger partial charge on any atom is -0.478 e. The van der Waals surface area contributed by atoms with Crippen molar-refractivity contribution in [3.8, 4) is 0 Å². The van der Waals surface area contributed by atoms with E-state index >= 15 is 0 Å². The standard InChI is InChI=1S/C16H15ClN2O2/c17-14-9-18-15(8-13(14)16(20)21)19-7-6-12(10-19)11-4-2-1-3-5-11/h1-5,8-9,12H,6-7,10H2,(H,20,21). The average molecular weight is 303 g/mol. The van der Waals surface area contributed by atoms with Crippen LogP contribution in [-0.2, 0) is 0 Å². The summed E-state index contributed by atoms with van der Waals surface area (Å²) in [7, 11) is 0. The summed E-state index contributed by atoms with van der Waals surface area (Å²) in [5, 5.41) is 9.30. The topological polar surface area (TPSA) is 53.4 Å². The molecule has 1 N–H and O–H groups in total. The zero-order chi connectivity index (χ0) is 14.8. The van der Waals surface area contributed by atoms with Gasteiger partial charge in [-0.25, -0.2) is 9.78 Å². The Morgan fingerprint density at radius 3 is 2.81 bits per heavy atom. The van der Waals surface area contributed by atoms with Crippen molar-refractivity contribution in [2.24, 2.45) is 0 Å². The molecule has 1 unspecified atom stereocenters. The van der Waals surface area contributed by atoms with Crippen LogP contribution in [0.5, 0.6) is 0 Å². The second-order valence-corrected chi connectivity index (χ2v) is 5.58. The molecular weight excluding hydrogens is 288 g/mol. The molecule has 0 amide bonds. The average Bonchev–Trinajstić information content (AvgIpc) is 2.98. The fraction of sp³-hybridized carbons (Fsp3) is 0.250. The fourth-order valence-corrected chi connectivity index (χ4v) is 2.91. The molecule has 1 aromatic carbocycles. The van der Waals surface area contributed by atoms with E-state index in [-0.39, 0.29) is 10.6 Å². The number of hydrogen-bond acceptors (Lipinski definition) is 3. The van der Waals surface area contributed by atoms with E-state index in [4.69, 9.17) is 16.7 Å². The highest BCUT2D eigenvalue weighted by Gasteiger charge is 2.25. The number of benzene rings is 1. The Bertz CT molecular complexity index is 661. The van der Waals surface area contributed by atoms with Gasteiger partial charge in [0.15, 0.2) is 0 Å². The predicted octanol–water partition coefficient (Wildman–Crippen LogP) is 3.43. The molecule has 1 fully saturated rings. The van der Waals surface area contributed by atoms with Gasteiger partial charge in [-0.05, 0) is 18.1 Å². The second-order valence-electron chi connectivity index (χ2n) is 5.17. The van der Waals surface area contributed by atoms with Crippen molar-refractivity contribution >= 4 is 23.4 Å². The number of rotatable bonds is 3. The van der Waals surface area contributed by atoms with E-state index in [2.05, 4.69) is 22.0 Å². The Kier molecular flexibility index (Phi) is 3.80. The normalized spacial score (nSPS) is 18.0. The zero-order valence-electron chi connectivity index (χ0n) is 11.4. The summed E-state index contributed by atoms with van der Waals surface area (Å²) in [5.41, 5.74) is 1.41. The molecule has 1 aliphatic rings. The smallest absolute Gasteiger partial charge is 0.337 e. The summed E-state index contributed by atoms with van der Waals surface area (Å²) < 4.78 is 0. The van der Waals surface area contributed by atoms with Crippen LogP contribution in [0.25, 0.3) is 0 Å². The molecule has 1 saturated heterocycles. The molecule has 2 heterocycles. The van der Waals surface area contributed by atoms with Gasteiger partial charge in [0, 0.05) is 25.2 Å². The van der Waals surface area contributed by atoms with Gasteiger partial charge in [-0.3, -0.25) is 0 Å². The summed E-state index contributed by atoms with van der Waals surface area (Å²) in [6.45, 7) is 1.71. The van der Waals surface area contributed by atoms with Gasteiger partial charge in [0.1, 0.15) is 5.82 Å². The van der Waals surface area contributed by atoms with E-state index < -0.39 is 5.97 Å². The first-order valence-electron chi connectivity index (χ1n) is 6.84. The number of carboxylic acid groups (broad SMARTS) is 1. The van der Waals surface area contributed by atoms with Crippen molar-refractivity contribution in [1.82, 2.24) is 4.98 Å². The Labute approximate surface area is 128 Å². The highest BCUT2D eigenvalue weighted by atomic mass is 35.5. The van der Waals surface area contributed by atoms with Crippen LogP contribution in [-0.4, -0.2) is 29.1 Å². The Balaban J connectivity index is 1.80. The molecule has 108 valence electrons. The van der Waals surface area contributed by atoms with Gasteiger partial charge >= 0.3 is 5.97 Å². The van der Waals surface area contributed by atoms with Gasteiger partial charge in [-0.15, -0.1) is 0 Å². The number of hydrogen-bond donors (Lipinski definition) is 1. The predicted molar refractivity (Wildman–Crippen MR) is 82.2 cm³/mol. The number of carboxylic acids is 1. The van der Waals surface area contributed by atoms with Gasteiger partial charge in [0.05, 0.1) is 10.6 Å². The first-order valence-corrected chi connectivity index (χ1v) is 7.21. The van der Waals surface area contributed by atoms with Crippen LogP contribution < -0.4 is 4.90 Å². The molecule has 0 saturated carbocycles. The summed E-state index contributed by atoms with van der Waals surface area (Å²) in [6, 6.07) is 11.9. The van der Waals surface area contributed by atoms with Gasteiger partial charge in [-0.2, -0.15) is 0 Å². The number of carbonyl (C=O) groups is 1. The first kappa shape index (κ1) is 13.9. The van der Waals surface area contributed by atoms with Gasteiger partial charge in [0.2, 0.25) is 0 Å². The maximum absolute atomic E-state index is 11.1. The summed E-state index contributed by atoms with van der Waals surface area (Å²) in [5.74, 6) is 0.106. The second kappa shape index (κ2) is 5.74. The van der Waals surface area contributed by atoms with Crippen LogP contribution in [0, 0.1) is 0 Å². The minimum absolute atomic E-state index is 0.102. The van der Waals surface area contributed by atoms with E-state index in [1.54, 1.807) is 6.07 Å². The molecule has 1 aromatic heterocycles. The molecule has 21 heavy (non-hydrogen) atoms. The van der Waals surface area contributed by atoms with E-state index in [1.165, 1.54) is 11.8 Å². The van der Waals surface area contributed by atoms with Crippen molar-refractivity contribution in [2.45, 2.75) is 12.3 Å². The number of pyridine rings is 1. The molecule has 4 nitrogen and oxygen atoms in total. The van der Waals surface area contributed by atoms with Crippen LogP contribution in [0.2, 0.25) is 5.02 Å². The van der Waals surface area contributed by atoms with Crippen LogP contribution in [0.15, 0.2) is 42.6 Å². The van der Waals surface area contributed by atoms with Crippen LogP contribution in [0.1, 0.15) is 28.3 Å². The largest absolute Gasteiger partial charge is 0.478 e. The molecule has 0 aliphatic carbocycles. The SMILES string of the molecule is O=C(O)c1cc(N2CCC(c3ccccc3)C2)ncc1Cl. The molecule has 0 spiro atoms. The van der Waals surface area contributed by atoms with E-state index in [0.717, 1.165) is 19.5 Å². The van der Waals surface area contributed by atoms with E-state index in [1.807, 2.05) is 18.2 Å². The van der Waals surface area contributed by atoms with Gasteiger partial charge in [-0.1, -0.05) is 41.9 Å². The van der Waals surface area contributed by atoms with Crippen LogP contribution in [0.3, 0.4) is 0 Å². The van der Waals surface area contributed by atoms with E-state index in [9.17, 15) is 4.79 Å². The quantitative estimate of drug-likeness (QED) is 0.944. The third-order valence-electron chi connectivity index (χ3n) is 3.85. The summed E-state index contributed by atoms with van der Waals surface area (Å²) in [6.07, 6.45) is 2.45. The molecule has 3 rings (SSSR count). The van der Waals surface area contributed by atoms with Gasteiger partial charge < -0.3 is 10.0 Å².